The highest BCUT2D eigenvalue weighted by molar-refractivity contribution is 7.89. The van der Waals surface area contributed by atoms with E-state index >= 15 is 0 Å². The summed E-state index contributed by atoms with van der Waals surface area (Å²) in [6.07, 6.45) is 7.63. The molecule has 1 aliphatic heterocycles. The molecule has 172 valence electrons. The number of nitrogens with zero attached hydrogens (tertiary/aromatic N) is 3. The molecule has 0 unspecified atom stereocenters. The maximum absolute atomic E-state index is 13.2. The summed E-state index contributed by atoms with van der Waals surface area (Å²) < 4.78 is 33.7. The Kier molecular flexibility index (Phi) is 7.00. The molecule has 3 heterocycles. The standard InChI is InChI=1S/C24H26N4O4S/c1-18-7-8-20(16-22(18)33(30,31)28-14-3-2-4-15-28)24(29)27-23-21(6-5-11-26-23)32-17-19-9-12-25-13-10-19/h5-13,16H,2-4,14-15,17H2,1H3,(H,26,27,29). The van der Waals surface area contributed by atoms with Crippen LogP contribution in [-0.2, 0) is 16.6 Å². The van der Waals surface area contributed by atoms with Crippen LogP contribution in [0.4, 0.5) is 5.82 Å². The van der Waals surface area contributed by atoms with Gasteiger partial charge >= 0.3 is 0 Å². The van der Waals surface area contributed by atoms with Crippen LogP contribution >= 0.6 is 0 Å². The lowest BCUT2D eigenvalue weighted by Crippen LogP contribution is -2.36. The van der Waals surface area contributed by atoms with Crippen molar-refractivity contribution in [1.29, 1.82) is 0 Å². The van der Waals surface area contributed by atoms with Crippen LogP contribution < -0.4 is 10.1 Å². The summed E-state index contributed by atoms with van der Waals surface area (Å²) in [7, 11) is -3.66. The third-order valence-electron chi connectivity index (χ3n) is 5.53. The molecule has 1 amide bonds. The maximum Gasteiger partial charge on any atom is 0.256 e. The Morgan fingerprint density at radius 1 is 1.06 bits per heavy atom. The first-order chi connectivity index (χ1) is 15.9. The number of ether oxygens (including phenoxy) is 1. The van der Waals surface area contributed by atoms with Crippen molar-refractivity contribution < 1.29 is 17.9 Å². The van der Waals surface area contributed by atoms with Crippen molar-refractivity contribution in [3.05, 3.63) is 77.7 Å². The van der Waals surface area contributed by atoms with Crippen molar-refractivity contribution in [2.45, 2.75) is 37.7 Å². The third-order valence-corrected chi connectivity index (χ3v) is 7.57. The Labute approximate surface area is 193 Å². The predicted molar refractivity (Wildman–Crippen MR) is 125 cm³/mol. The van der Waals surface area contributed by atoms with E-state index in [4.69, 9.17) is 4.74 Å². The number of pyridine rings is 2. The smallest absolute Gasteiger partial charge is 0.256 e. The van der Waals surface area contributed by atoms with E-state index < -0.39 is 15.9 Å². The zero-order valence-electron chi connectivity index (χ0n) is 18.4. The van der Waals surface area contributed by atoms with Crippen LogP contribution in [0, 0.1) is 6.92 Å². The molecule has 2 aromatic heterocycles. The molecule has 1 fully saturated rings. The first-order valence-electron chi connectivity index (χ1n) is 10.8. The number of aryl methyl sites for hydroxylation is 1. The Morgan fingerprint density at radius 3 is 2.58 bits per heavy atom. The molecule has 0 spiro atoms. The molecule has 0 bridgehead atoms. The molecule has 0 atom stereocenters. The van der Waals surface area contributed by atoms with Gasteiger partial charge in [-0.1, -0.05) is 12.5 Å². The van der Waals surface area contributed by atoms with Gasteiger partial charge in [-0.25, -0.2) is 13.4 Å². The molecule has 0 saturated carbocycles. The topological polar surface area (TPSA) is 101 Å². The van der Waals surface area contributed by atoms with Gasteiger partial charge in [0.15, 0.2) is 11.6 Å². The summed E-state index contributed by atoms with van der Waals surface area (Å²) in [5.74, 6) is 0.214. The van der Waals surface area contributed by atoms with Gasteiger partial charge in [0, 0.05) is 37.2 Å². The van der Waals surface area contributed by atoms with E-state index in [1.807, 2.05) is 12.1 Å². The van der Waals surface area contributed by atoms with E-state index in [0.717, 1.165) is 24.8 Å². The van der Waals surface area contributed by atoms with Gasteiger partial charge in [0.1, 0.15) is 6.61 Å². The molecule has 1 N–H and O–H groups in total. The fourth-order valence-electron chi connectivity index (χ4n) is 3.68. The quantitative estimate of drug-likeness (QED) is 0.568. The van der Waals surface area contributed by atoms with Crippen molar-refractivity contribution in [3.63, 3.8) is 0 Å². The van der Waals surface area contributed by atoms with Crippen LogP contribution in [0.25, 0.3) is 0 Å². The molecule has 1 aromatic carbocycles. The monoisotopic (exact) mass is 466 g/mol. The lowest BCUT2D eigenvalue weighted by Gasteiger charge is -2.26. The number of benzene rings is 1. The largest absolute Gasteiger partial charge is 0.485 e. The summed E-state index contributed by atoms with van der Waals surface area (Å²) in [5.41, 5.74) is 1.77. The van der Waals surface area contributed by atoms with Crippen LogP contribution in [0.1, 0.15) is 40.7 Å². The molecular weight excluding hydrogens is 440 g/mol. The van der Waals surface area contributed by atoms with E-state index in [-0.39, 0.29) is 16.3 Å². The second kappa shape index (κ2) is 10.1. The minimum atomic E-state index is -3.66. The number of anilines is 1. The summed E-state index contributed by atoms with van der Waals surface area (Å²) >= 11 is 0. The van der Waals surface area contributed by atoms with Gasteiger partial charge in [-0.05, 0) is 67.3 Å². The van der Waals surface area contributed by atoms with Crippen molar-refractivity contribution >= 4 is 21.7 Å². The molecule has 9 heteroatoms. The third kappa shape index (κ3) is 5.37. The minimum Gasteiger partial charge on any atom is -0.485 e. The zero-order chi connectivity index (χ0) is 23.3. The SMILES string of the molecule is Cc1ccc(C(=O)Nc2ncccc2OCc2ccncc2)cc1S(=O)(=O)N1CCCCC1. The highest BCUT2D eigenvalue weighted by atomic mass is 32.2. The fraction of sp³-hybridized carbons (Fsp3) is 0.292. The predicted octanol–water partition coefficient (Wildman–Crippen LogP) is 3.79. The second-order valence-corrected chi connectivity index (χ2v) is 9.80. The molecule has 33 heavy (non-hydrogen) atoms. The molecule has 8 nitrogen and oxygen atoms in total. The lowest BCUT2D eigenvalue weighted by molar-refractivity contribution is 0.102. The van der Waals surface area contributed by atoms with Crippen LogP contribution in [0.2, 0.25) is 0 Å². The Hall–Kier alpha value is -3.30. The molecule has 1 saturated heterocycles. The summed E-state index contributed by atoms with van der Waals surface area (Å²) in [5, 5.41) is 2.74. The van der Waals surface area contributed by atoms with Crippen molar-refractivity contribution in [2.24, 2.45) is 0 Å². The zero-order valence-corrected chi connectivity index (χ0v) is 19.2. The van der Waals surface area contributed by atoms with Gasteiger partial charge in [-0.3, -0.25) is 9.78 Å². The molecule has 4 rings (SSSR count). The van der Waals surface area contributed by atoms with Gasteiger partial charge in [0.25, 0.3) is 5.91 Å². The van der Waals surface area contributed by atoms with E-state index in [1.54, 1.807) is 49.8 Å². The number of piperidine rings is 1. The number of rotatable bonds is 7. The summed E-state index contributed by atoms with van der Waals surface area (Å²) in [4.78, 5) is 21.3. The number of aromatic nitrogens is 2. The van der Waals surface area contributed by atoms with Gasteiger partial charge in [-0.15, -0.1) is 0 Å². The molecule has 1 aliphatic rings. The lowest BCUT2D eigenvalue weighted by atomic mass is 10.1. The summed E-state index contributed by atoms with van der Waals surface area (Å²) in [6, 6.07) is 11.8. The van der Waals surface area contributed by atoms with Crippen molar-refractivity contribution in [3.8, 4) is 5.75 Å². The molecule has 3 aromatic rings. The number of carbonyl (C=O) groups excluding carboxylic acids is 1. The van der Waals surface area contributed by atoms with E-state index in [2.05, 4.69) is 15.3 Å². The molecule has 0 radical (unpaired) electrons. The number of carbonyl (C=O) groups is 1. The van der Waals surface area contributed by atoms with Crippen LogP contribution in [0.5, 0.6) is 5.75 Å². The fourth-order valence-corrected chi connectivity index (χ4v) is 5.45. The highest BCUT2D eigenvalue weighted by Gasteiger charge is 2.28. The average Bonchev–Trinajstić information content (AvgIpc) is 2.85. The van der Waals surface area contributed by atoms with Crippen LogP contribution in [0.3, 0.4) is 0 Å². The Morgan fingerprint density at radius 2 is 1.82 bits per heavy atom. The number of hydrogen-bond donors (Lipinski definition) is 1. The average molecular weight is 467 g/mol. The Bertz CT molecular complexity index is 1230. The van der Waals surface area contributed by atoms with E-state index in [9.17, 15) is 13.2 Å². The molecule has 0 aliphatic carbocycles. The van der Waals surface area contributed by atoms with Crippen LogP contribution in [-0.4, -0.2) is 41.7 Å². The highest BCUT2D eigenvalue weighted by Crippen LogP contribution is 2.26. The van der Waals surface area contributed by atoms with Gasteiger partial charge in [0.05, 0.1) is 4.90 Å². The van der Waals surface area contributed by atoms with E-state index in [0.29, 0.717) is 31.0 Å². The van der Waals surface area contributed by atoms with Gasteiger partial charge in [-0.2, -0.15) is 4.31 Å². The summed E-state index contributed by atoms with van der Waals surface area (Å²) in [6.45, 7) is 3.04. The molecular formula is C24H26N4O4S. The number of nitrogens with one attached hydrogen (secondary N) is 1. The normalized spacial score (nSPS) is 14.6. The van der Waals surface area contributed by atoms with Gasteiger partial charge < -0.3 is 10.1 Å². The Balaban J connectivity index is 1.53. The van der Waals surface area contributed by atoms with Crippen LogP contribution in [0.15, 0.2) is 66.0 Å². The first kappa shape index (κ1) is 22.9. The van der Waals surface area contributed by atoms with Crippen molar-refractivity contribution in [1.82, 2.24) is 14.3 Å². The minimum absolute atomic E-state index is 0.159. The second-order valence-electron chi connectivity index (χ2n) is 7.89. The number of sulfonamides is 1. The number of amides is 1. The van der Waals surface area contributed by atoms with Gasteiger partial charge in [0.2, 0.25) is 10.0 Å². The first-order valence-corrected chi connectivity index (χ1v) is 12.3. The van der Waals surface area contributed by atoms with Crippen molar-refractivity contribution in [2.75, 3.05) is 18.4 Å². The number of hydrogen-bond acceptors (Lipinski definition) is 6. The maximum atomic E-state index is 13.2. The van der Waals surface area contributed by atoms with E-state index in [1.165, 1.54) is 10.4 Å².